The summed E-state index contributed by atoms with van der Waals surface area (Å²) >= 11 is 4.40. The monoisotopic (exact) mass is 146 g/mol. The van der Waals surface area contributed by atoms with E-state index < -0.39 is 0 Å². The summed E-state index contributed by atoms with van der Waals surface area (Å²) in [6.45, 7) is 0. The lowest BCUT2D eigenvalue weighted by Gasteiger charge is -1.75. The smallest absolute Gasteiger partial charge is 0.0720 e. The molecular weight excluding hydrogens is 144 g/mol. The summed E-state index contributed by atoms with van der Waals surface area (Å²) < 4.78 is 7.88. The van der Waals surface area contributed by atoms with Crippen molar-refractivity contribution in [3.05, 3.63) is 0 Å². The van der Waals surface area contributed by atoms with E-state index >= 15 is 0 Å². The summed E-state index contributed by atoms with van der Waals surface area (Å²) in [5.41, 5.74) is 0. The molecule has 5 heavy (non-hydrogen) atoms. The minimum atomic E-state index is 0.705. The van der Waals surface area contributed by atoms with Crippen LogP contribution in [0.15, 0.2) is 0 Å². The van der Waals surface area contributed by atoms with Gasteiger partial charge in [0.1, 0.15) is 0 Å². The van der Waals surface area contributed by atoms with E-state index in [2.05, 4.69) is 11.7 Å². The van der Waals surface area contributed by atoms with E-state index in [-0.39, 0.29) is 0 Å². The second-order valence-corrected chi connectivity index (χ2v) is 4.52. The predicted molar refractivity (Wildman–Crippen MR) is 34.4 cm³/mol. The lowest BCUT2D eigenvalue weighted by molar-refractivity contribution is 0.676. The molecule has 0 heterocycles. The third-order valence-corrected chi connectivity index (χ3v) is 3.29. The Balaban J connectivity index is 2.19. The zero-order valence-corrected chi connectivity index (χ0v) is 5.46. The maximum atomic E-state index is 7.88. The SMILES string of the molecule is OSSSS. The van der Waals surface area contributed by atoms with E-state index in [4.69, 9.17) is 4.55 Å². The van der Waals surface area contributed by atoms with Gasteiger partial charge in [-0.3, -0.25) is 0 Å². The molecule has 0 fully saturated rings. The minimum absolute atomic E-state index is 0.705. The number of hydrogen-bond acceptors (Lipinski definition) is 5. The minimum Gasteiger partial charge on any atom is -0.320 e. The van der Waals surface area contributed by atoms with Gasteiger partial charge in [0.2, 0.25) is 0 Å². The Hall–Kier alpha value is 1.36. The van der Waals surface area contributed by atoms with Crippen LogP contribution < -0.4 is 0 Å². The molecule has 0 unspecified atom stereocenters. The van der Waals surface area contributed by atoms with Gasteiger partial charge in [-0.1, -0.05) is 11.7 Å². The van der Waals surface area contributed by atoms with E-state index in [1.54, 1.807) is 0 Å². The van der Waals surface area contributed by atoms with E-state index in [0.29, 0.717) is 11.1 Å². The summed E-state index contributed by atoms with van der Waals surface area (Å²) in [7, 11) is 2.44. The molecule has 0 rings (SSSR count). The van der Waals surface area contributed by atoms with Crippen molar-refractivity contribution in [1.82, 2.24) is 0 Å². The van der Waals surface area contributed by atoms with Crippen LogP contribution in [0.5, 0.6) is 0 Å². The Bertz CT molecular complexity index is 11.1. The molecule has 0 aromatic carbocycles. The van der Waals surface area contributed by atoms with Crippen LogP contribution in [-0.4, -0.2) is 4.55 Å². The van der Waals surface area contributed by atoms with Crippen LogP contribution in [0.4, 0.5) is 0 Å². The molecule has 1 N–H and O–H groups in total. The van der Waals surface area contributed by atoms with Gasteiger partial charge in [0.25, 0.3) is 0 Å². The largest absolute Gasteiger partial charge is 0.320 e. The molecule has 5 heteroatoms. The quantitative estimate of drug-likeness (QED) is 0.354. The van der Waals surface area contributed by atoms with Gasteiger partial charge in [-0.05, 0) is 9.83 Å². The lowest BCUT2D eigenvalue weighted by atomic mass is 15.9. The molecule has 0 spiro atoms. The second-order valence-electron chi connectivity index (χ2n) is 0.217. The molecule has 0 saturated carbocycles. The molecule has 0 aliphatic carbocycles. The average molecular weight is 146 g/mol. The standard InChI is InChI=1S/H2OS4/c1-3-5-4-2/h1-2H. The van der Waals surface area contributed by atoms with Crippen molar-refractivity contribution >= 4 is 42.4 Å². The first-order valence-electron chi connectivity index (χ1n) is 0.698. The van der Waals surface area contributed by atoms with Crippen molar-refractivity contribution in [3.63, 3.8) is 0 Å². The van der Waals surface area contributed by atoms with Gasteiger partial charge >= 0.3 is 0 Å². The summed E-state index contributed by atoms with van der Waals surface area (Å²) in [4.78, 5) is 0. The second kappa shape index (κ2) is 5.36. The van der Waals surface area contributed by atoms with Crippen molar-refractivity contribution in [1.29, 1.82) is 0 Å². The molecule has 0 aliphatic heterocycles. The fraction of sp³-hybridized carbons (Fsp3) is 0. The highest BCUT2D eigenvalue weighted by Crippen LogP contribution is 2.33. The molecule has 32 valence electrons. The Morgan fingerprint density at radius 1 is 1.60 bits per heavy atom. The molecule has 0 aromatic rings. The van der Waals surface area contributed by atoms with Crippen LogP contribution in [-0.2, 0) is 0 Å². The van der Waals surface area contributed by atoms with Gasteiger partial charge in [-0.2, -0.15) is 0 Å². The molecule has 0 atom stereocenters. The van der Waals surface area contributed by atoms with E-state index in [1.807, 2.05) is 0 Å². The van der Waals surface area contributed by atoms with Crippen molar-refractivity contribution in [3.8, 4) is 0 Å². The maximum Gasteiger partial charge on any atom is 0.0720 e. The topological polar surface area (TPSA) is 20.2 Å². The molecule has 0 aliphatic rings. The predicted octanol–water partition coefficient (Wildman–Crippen LogP) is 2.33. The number of hydrogen-bond donors (Lipinski definition) is 2. The van der Waals surface area contributed by atoms with Crippen LogP contribution in [0.2, 0.25) is 0 Å². The Morgan fingerprint density at radius 2 is 2.20 bits per heavy atom. The molecular formula is H2OS4. The molecule has 0 radical (unpaired) electrons. The zero-order valence-electron chi connectivity index (χ0n) is 2.12. The first-order chi connectivity index (χ1) is 2.41. The maximum absolute atomic E-state index is 7.88. The zero-order chi connectivity index (χ0) is 4.12. The fourth-order valence-electron chi connectivity index (χ4n) is 0.0136. The van der Waals surface area contributed by atoms with Crippen molar-refractivity contribution in [2.45, 2.75) is 0 Å². The Kier molecular flexibility index (Phi) is 6.82. The highest BCUT2D eigenvalue weighted by Gasteiger charge is 1.72. The first kappa shape index (κ1) is 6.36. The van der Waals surface area contributed by atoms with E-state index in [1.165, 1.54) is 19.7 Å². The number of rotatable bonds is 2. The highest BCUT2D eigenvalue weighted by molar-refractivity contribution is 9.23. The van der Waals surface area contributed by atoms with Gasteiger partial charge in [-0.25, -0.2) is 0 Å². The molecule has 0 aromatic heterocycles. The van der Waals surface area contributed by atoms with Crippen molar-refractivity contribution < 1.29 is 4.55 Å². The number of thiol groups is 1. The summed E-state index contributed by atoms with van der Waals surface area (Å²) in [5, 5.41) is 0. The van der Waals surface area contributed by atoms with Gasteiger partial charge in [0.15, 0.2) is 0 Å². The van der Waals surface area contributed by atoms with Gasteiger partial charge in [0.05, 0.1) is 11.1 Å². The highest BCUT2D eigenvalue weighted by atomic mass is 33.7. The Morgan fingerprint density at radius 3 is 2.20 bits per heavy atom. The average Bonchev–Trinajstić information content (AvgIpc) is 1.41. The van der Waals surface area contributed by atoms with Gasteiger partial charge in [-0.15, -0.1) is 0 Å². The van der Waals surface area contributed by atoms with Crippen molar-refractivity contribution in [2.24, 2.45) is 0 Å². The first-order valence-corrected chi connectivity index (χ1v) is 5.19. The van der Waals surface area contributed by atoms with Crippen LogP contribution in [0.25, 0.3) is 0 Å². The van der Waals surface area contributed by atoms with Crippen molar-refractivity contribution in [2.75, 3.05) is 0 Å². The Labute approximate surface area is 47.1 Å². The molecule has 0 saturated heterocycles. The lowest BCUT2D eigenvalue weighted by Crippen LogP contribution is -1.25. The van der Waals surface area contributed by atoms with E-state index in [0.717, 1.165) is 0 Å². The van der Waals surface area contributed by atoms with Crippen LogP contribution >= 0.6 is 42.4 Å². The van der Waals surface area contributed by atoms with Crippen LogP contribution in [0, 0.1) is 0 Å². The molecule has 1 nitrogen and oxygen atoms in total. The summed E-state index contributed by atoms with van der Waals surface area (Å²) in [5.74, 6) is 0. The fourth-order valence-corrected chi connectivity index (χ4v) is 1.10. The van der Waals surface area contributed by atoms with Gasteiger partial charge in [0, 0.05) is 9.83 Å². The summed E-state index contributed by atoms with van der Waals surface area (Å²) in [6, 6.07) is 0. The molecule has 0 bridgehead atoms. The van der Waals surface area contributed by atoms with Crippen LogP contribution in [0.1, 0.15) is 0 Å². The van der Waals surface area contributed by atoms with Gasteiger partial charge < -0.3 is 4.55 Å². The third-order valence-electron chi connectivity index (χ3n) is 0.0609. The van der Waals surface area contributed by atoms with Crippen LogP contribution in [0.3, 0.4) is 0 Å². The third kappa shape index (κ3) is 5.36. The van der Waals surface area contributed by atoms with E-state index in [9.17, 15) is 0 Å². The summed E-state index contributed by atoms with van der Waals surface area (Å²) in [6.07, 6.45) is 0. The molecule has 0 amide bonds. The normalized spacial score (nSPS) is 8.40.